The summed E-state index contributed by atoms with van der Waals surface area (Å²) >= 11 is 13.8. The Hall–Kier alpha value is -1.92. The molecule has 1 N–H and O–H groups in total. The van der Waals surface area contributed by atoms with Crippen molar-refractivity contribution >= 4 is 46.1 Å². The van der Waals surface area contributed by atoms with Crippen molar-refractivity contribution in [3.63, 3.8) is 0 Å². The van der Waals surface area contributed by atoms with E-state index < -0.39 is 0 Å². The van der Waals surface area contributed by atoms with Crippen molar-refractivity contribution in [1.82, 2.24) is 9.88 Å². The first-order chi connectivity index (χ1) is 12.5. The van der Waals surface area contributed by atoms with E-state index >= 15 is 0 Å². The Morgan fingerprint density at radius 3 is 2.50 bits per heavy atom. The molecule has 0 aliphatic rings. The molecule has 1 heterocycles. The zero-order valence-corrected chi connectivity index (χ0v) is 16.4. The van der Waals surface area contributed by atoms with Crippen LogP contribution in [-0.2, 0) is 11.3 Å². The summed E-state index contributed by atoms with van der Waals surface area (Å²) in [4.78, 5) is 18.8. The van der Waals surface area contributed by atoms with Crippen molar-refractivity contribution in [1.29, 1.82) is 0 Å². The number of carbonyl (C=O) groups is 1. The second-order valence-electron chi connectivity index (χ2n) is 5.83. The van der Waals surface area contributed by atoms with Gasteiger partial charge >= 0.3 is 0 Å². The number of hydrogen-bond donors (Lipinski definition) is 1. The lowest BCUT2D eigenvalue weighted by molar-refractivity contribution is -0.117. The van der Waals surface area contributed by atoms with Gasteiger partial charge in [-0.05, 0) is 19.2 Å². The van der Waals surface area contributed by atoms with Crippen LogP contribution in [0, 0.1) is 0 Å². The Kier molecular flexibility index (Phi) is 6.27. The Labute approximate surface area is 166 Å². The van der Waals surface area contributed by atoms with Gasteiger partial charge in [-0.3, -0.25) is 9.69 Å². The van der Waals surface area contributed by atoms with Crippen molar-refractivity contribution in [2.45, 2.75) is 6.54 Å². The van der Waals surface area contributed by atoms with Gasteiger partial charge in [0, 0.05) is 17.5 Å². The van der Waals surface area contributed by atoms with Crippen LogP contribution in [0.3, 0.4) is 0 Å². The number of para-hydroxylation sites is 1. The molecule has 0 aliphatic carbocycles. The average molecular weight is 406 g/mol. The van der Waals surface area contributed by atoms with Crippen LogP contribution in [-0.4, -0.2) is 29.4 Å². The zero-order chi connectivity index (χ0) is 18.5. The number of amides is 1. The third-order valence-corrected chi connectivity index (χ3v) is 5.22. The van der Waals surface area contributed by atoms with E-state index in [9.17, 15) is 4.79 Å². The van der Waals surface area contributed by atoms with Crippen LogP contribution in [0.25, 0.3) is 10.6 Å². The fourth-order valence-electron chi connectivity index (χ4n) is 2.47. The van der Waals surface area contributed by atoms with Crippen LogP contribution in [0.5, 0.6) is 0 Å². The van der Waals surface area contributed by atoms with Gasteiger partial charge in [-0.2, -0.15) is 0 Å². The minimum absolute atomic E-state index is 0.180. The number of rotatable bonds is 6. The summed E-state index contributed by atoms with van der Waals surface area (Å²) in [5.74, 6) is -0.180. The Bertz CT molecular complexity index is 879. The number of aromatic nitrogens is 1. The maximum absolute atomic E-state index is 12.3. The van der Waals surface area contributed by atoms with Crippen LogP contribution >= 0.6 is 34.5 Å². The largest absolute Gasteiger partial charge is 0.322 e. The lowest BCUT2D eigenvalue weighted by Gasteiger charge is -2.16. The van der Waals surface area contributed by atoms with Crippen molar-refractivity contribution in [2.24, 2.45) is 0 Å². The molecule has 2 aromatic carbocycles. The van der Waals surface area contributed by atoms with Crippen LogP contribution in [0.2, 0.25) is 10.0 Å². The quantitative estimate of drug-likeness (QED) is 0.613. The fourth-order valence-corrected chi connectivity index (χ4v) is 3.78. The van der Waals surface area contributed by atoms with E-state index in [1.165, 1.54) is 0 Å². The van der Waals surface area contributed by atoms with Crippen molar-refractivity contribution in [2.75, 3.05) is 18.9 Å². The van der Waals surface area contributed by atoms with E-state index in [4.69, 9.17) is 23.2 Å². The van der Waals surface area contributed by atoms with Gasteiger partial charge in [0.25, 0.3) is 0 Å². The molecule has 0 aliphatic heterocycles. The molecule has 1 aromatic heterocycles. The highest BCUT2D eigenvalue weighted by atomic mass is 35.5. The standard InChI is InChI=1S/C19H17Cl2N3OS/c1-24(11-17(25)23-18-15(20)8-5-9-16(18)21)10-14-12-26-19(22-14)13-6-3-2-4-7-13/h2-9,12H,10-11H2,1H3,(H,23,25). The highest BCUT2D eigenvalue weighted by Gasteiger charge is 2.13. The molecule has 0 saturated heterocycles. The van der Waals surface area contributed by atoms with Gasteiger partial charge in [0.1, 0.15) is 5.01 Å². The van der Waals surface area contributed by atoms with Gasteiger partial charge in [0.15, 0.2) is 0 Å². The molecule has 134 valence electrons. The van der Waals surface area contributed by atoms with Gasteiger partial charge in [0.2, 0.25) is 5.91 Å². The molecular formula is C19H17Cl2N3OS. The van der Waals surface area contributed by atoms with Crippen LogP contribution in [0.15, 0.2) is 53.9 Å². The van der Waals surface area contributed by atoms with Crippen LogP contribution in [0.1, 0.15) is 5.69 Å². The minimum atomic E-state index is -0.180. The maximum Gasteiger partial charge on any atom is 0.238 e. The number of halogens is 2. The monoisotopic (exact) mass is 405 g/mol. The number of anilines is 1. The molecule has 0 radical (unpaired) electrons. The summed E-state index contributed by atoms with van der Waals surface area (Å²) in [6.07, 6.45) is 0. The number of carbonyl (C=O) groups excluding carboxylic acids is 1. The lowest BCUT2D eigenvalue weighted by Crippen LogP contribution is -2.30. The maximum atomic E-state index is 12.3. The smallest absolute Gasteiger partial charge is 0.238 e. The number of hydrogen-bond acceptors (Lipinski definition) is 4. The third kappa shape index (κ3) is 4.83. The van der Waals surface area contributed by atoms with Crippen molar-refractivity contribution < 1.29 is 4.79 Å². The molecule has 3 rings (SSSR count). The van der Waals surface area contributed by atoms with E-state index in [1.807, 2.05) is 47.7 Å². The molecule has 0 spiro atoms. The first-order valence-corrected chi connectivity index (χ1v) is 9.58. The van der Waals surface area contributed by atoms with Crippen molar-refractivity contribution in [3.8, 4) is 10.6 Å². The topological polar surface area (TPSA) is 45.2 Å². The van der Waals surface area contributed by atoms with E-state index in [-0.39, 0.29) is 12.5 Å². The Morgan fingerprint density at radius 2 is 1.81 bits per heavy atom. The van der Waals surface area contributed by atoms with Gasteiger partial charge in [0.05, 0.1) is 28.0 Å². The normalized spacial score (nSPS) is 10.9. The average Bonchev–Trinajstić information content (AvgIpc) is 3.07. The van der Waals surface area contributed by atoms with E-state index in [2.05, 4.69) is 10.3 Å². The summed E-state index contributed by atoms with van der Waals surface area (Å²) in [6, 6.07) is 15.1. The number of thiazole rings is 1. The highest BCUT2D eigenvalue weighted by Crippen LogP contribution is 2.29. The number of benzene rings is 2. The first-order valence-electron chi connectivity index (χ1n) is 7.95. The van der Waals surface area contributed by atoms with E-state index in [0.29, 0.717) is 22.3 Å². The molecule has 0 unspecified atom stereocenters. The molecule has 4 nitrogen and oxygen atoms in total. The Balaban J connectivity index is 1.58. The number of likely N-dealkylation sites (N-methyl/N-ethyl adjacent to an activating group) is 1. The molecular weight excluding hydrogens is 389 g/mol. The van der Waals surface area contributed by atoms with Gasteiger partial charge < -0.3 is 5.32 Å². The predicted octanol–water partition coefficient (Wildman–Crippen LogP) is 5.19. The van der Waals surface area contributed by atoms with E-state index in [1.54, 1.807) is 29.5 Å². The van der Waals surface area contributed by atoms with Gasteiger partial charge in [-0.15, -0.1) is 11.3 Å². The van der Waals surface area contributed by atoms with Crippen molar-refractivity contribution in [3.05, 3.63) is 69.7 Å². The molecule has 0 bridgehead atoms. The van der Waals surface area contributed by atoms with Gasteiger partial charge in [-0.1, -0.05) is 59.6 Å². The van der Waals surface area contributed by atoms with E-state index in [0.717, 1.165) is 16.3 Å². The third-order valence-electron chi connectivity index (χ3n) is 3.65. The summed E-state index contributed by atoms with van der Waals surface area (Å²) < 4.78 is 0. The highest BCUT2D eigenvalue weighted by molar-refractivity contribution is 7.13. The summed E-state index contributed by atoms with van der Waals surface area (Å²) in [5, 5.41) is 6.59. The fraction of sp³-hybridized carbons (Fsp3) is 0.158. The Morgan fingerprint density at radius 1 is 1.12 bits per heavy atom. The molecule has 1 amide bonds. The molecule has 0 atom stereocenters. The molecule has 26 heavy (non-hydrogen) atoms. The summed E-state index contributed by atoms with van der Waals surface area (Å²) in [7, 11) is 1.87. The minimum Gasteiger partial charge on any atom is -0.322 e. The second kappa shape index (κ2) is 8.64. The van der Waals surface area contributed by atoms with Gasteiger partial charge in [-0.25, -0.2) is 4.98 Å². The first kappa shape index (κ1) is 18.9. The molecule has 3 aromatic rings. The predicted molar refractivity (Wildman–Crippen MR) is 109 cm³/mol. The molecule has 0 saturated carbocycles. The second-order valence-corrected chi connectivity index (χ2v) is 7.50. The SMILES string of the molecule is CN(CC(=O)Nc1c(Cl)cccc1Cl)Cc1csc(-c2ccccc2)n1. The lowest BCUT2D eigenvalue weighted by atomic mass is 10.2. The number of nitrogens with one attached hydrogen (secondary N) is 1. The van der Waals surface area contributed by atoms with Crippen LogP contribution in [0.4, 0.5) is 5.69 Å². The summed E-state index contributed by atoms with van der Waals surface area (Å²) in [6.45, 7) is 0.784. The zero-order valence-electron chi connectivity index (χ0n) is 14.1. The molecule has 7 heteroatoms. The number of nitrogens with zero attached hydrogens (tertiary/aromatic N) is 2. The summed E-state index contributed by atoms with van der Waals surface area (Å²) in [5.41, 5.74) is 2.46. The molecule has 0 fully saturated rings. The van der Waals surface area contributed by atoms with Crippen LogP contribution < -0.4 is 5.32 Å².